The number of rotatable bonds is 3. The second-order valence-electron chi connectivity index (χ2n) is 8.49. The Hall–Kier alpha value is -3.28. The first-order chi connectivity index (χ1) is 15.0. The number of benzene rings is 2. The first-order valence-corrected chi connectivity index (χ1v) is 10.8. The Kier molecular flexibility index (Phi) is 4.93. The molecule has 31 heavy (non-hydrogen) atoms. The van der Waals surface area contributed by atoms with Crippen LogP contribution in [0.5, 0.6) is 0 Å². The summed E-state index contributed by atoms with van der Waals surface area (Å²) in [4.78, 5) is 31.5. The third-order valence-corrected chi connectivity index (χ3v) is 6.33. The molecule has 5 rings (SSSR count). The van der Waals surface area contributed by atoms with E-state index in [1.807, 2.05) is 31.2 Å². The number of nitrogens with one attached hydrogen (secondary N) is 1. The average molecular weight is 417 g/mol. The van der Waals surface area contributed by atoms with Crippen molar-refractivity contribution < 1.29 is 14.0 Å². The van der Waals surface area contributed by atoms with Crippen molar-refractivity contribution in [2.45, 2.75) is 50.6 Å². The van der Waals surface area contributed by atoms with Crippen LogP contribution in [0.25, 0.3) is 10.9 Å². The van der Waals surface area contributed by atoms with E-state index in [0.717, 1.165) is 35.7 Å². The van der Waals surface area contributed by atoms with Crippen molar-refractivity contribution in [3.05, 3.63) is 71.2 Å². The van der Waals surface area contributed by atoms with Crippen molar-refractivity contribution in [3.63, 3.8) is 0 Å². The maximum absolute atomic E-state index is 13.6. The van der Waals surface area contributed by atoms with Gasteiger partial charge in [-0.15, -0.1) is 0 Å². The lowest BCUT2D eigenvalue weighted by atomic mass is 9.91. The molecule has 0 saturated heterocycles. The van der Waals surface area contributed by atoms with Gasteiger partial charge >= 0.3 is 0 Å². The molecule has 3 aromatic rings. The van der Waals surface area contributed by atoms with Gasteiger partial charge in [0.2, 0.25) is 5.91 Å². The Morgan fingerprint density at radius 2 is 1.84 bits per heavy atom. The number of nitrogens with zero attached hydrogens (tertiary/aromatic N) is 2. The summed E-state index contributed by atoms with van der Waals surface area (Å²) in [6, 6.07) is 13.4. The number of hydrogen-bond donors (Lipinski definition) is 1. The standard InChI is InChI=1S/C25H24FN3O2/c1-15-13-20-19-7-2-3-8-22(19)29(25(31)16-9-11-17(26)12-10-16)23(20)21(14-27-15)24(30)28-18-5-4-6-18/h2-3,7-12,14-15,18,21H,4-6,13H2,1H3,(H,28,30). The maximum atomic E-state index is 13.6. The lowest BCUT2D eigenvalue weighted by molar-refractivity contribution is -0.122. The highest BCUT2D eigenvalue weighted by Gasteiger charge is 2.34. The summed E-state index contributed by atoms with van der Waals surface area (Å²) in [5.74, 6) is -1.45. The predicted octanol–water partition coefficient (Wildman–Crippen LogP) is 4.24. The third kappa shape index (κ3) is 3.46. The molecule has 1 aliphatic heterocycles. The van der Waals surface area contributed by atoms with Gasteiger partial charge in [0.25, 0.3) is 5.91 Å². The Morgan fingerprint density at radius 1 is 1.10 bits per heavy atom. The van der Waals surface area contributed by atoms with Crippen molar-refractivity contribution in [2.75, 3.05) is 0 Å². The van der Waals surface area contributed by atoms with E-state index in [2.05, 4.69) is 10.3 Å². The molecule has 6 heteroatoms. The summed E-state index contributed by atoms with van der Waals surface area (Å²) in [7, 11) is 0. The van der Waals surface area contributed by atoms with Crippen LogP contribution in [0.1, 0.15) is 53.7 Å². The molecule has 1 saturated carbocycles. The van der Waals surface area contributed by atoms with E-state index in [9.17, 15) is 14.0 Å². The van der Waals surface area contributed by atoms with E-state index in [4.69, 9.17) is 0 Å². The molecule has 2 aliphatic rings. The normalized spacial score (nSPS) is 20.7. The fourth-order valence-corrected chi connectivity index (χ4v) is 4.50. The number of carbonyl (C=O) groups excluding carboxylic acids is 2. The maximum Gasteiger partial charge on any atom is 0.262 e. The molecule has 158 valence electrons. The number of fused-ring (bicyclic) bond motifs is 3. The summed E-state index contributed by atoms with van der Waals surface area (Å²) < 4.78 is 15.1. The van der Waals surface area contributed by atoms with Crippen molar-refractivity contribution in [3.8, 4) is 0 Å². The number of aliphatic imine (C=N–C) groups is 1. The molecule has 0 spiro atoms. The fraction of sp³-hybridized carbons (Fsp3) is 0.320. The van der Waals surface area contributed by atoms with Crippen molar-refractivity contribution in [2.24, 2.45) is 4.99 Å². The molecule has 5 nitrogen and oxygen atoms in total. The highest BCUT2D eigenvalue weighted by atomic mass is 19.1. The smallest absolute Gasteiger partial charge is 0.262 e. The molecule has 1 fully saturated rings. The van der Waals surface area contributed by atoms with Gasteiger partial charge in [-0.2, -0.15) is 0 Å². The molecule has 2 atom stereocenters. The van der Waals surface area contributed by atoms with Crippen molar-refractivity contribution in [1.29, 1.82) is 0 Å². The molecular weight excluding hydrogens is 393 g/mol. The molecule has 1 aromatic heterocycles. The van der Waals surface area contributed by atoms with Crippen LogP contribution in [0, 0.1) is 5.82 Å². The number of carbonyl (C=O) groups is 2. The highest BCUT2D eigenvalue weighted by molar-refractivity contribution is 6.08. The zero-order chi connectivity index (χ0) is 21.5. The zero-order valence-corrected chi connectivity index (χ0v) is 17.3. The summed E-state index contributed by atoms with van der Waals surface area (Å²) in [6.07, 6.45) is 5.42. The number of aromatic nitrogens is 1. The minimum Gasteiger partial charge on any atom is -0.352 e. The quantitative estimate of drug-likeness (QED) is 0.693. The van der Waals surface area contributed by atoms with Crippen molar-refractivity contribution >= 4 is 28.9 Å². The Morgan fingerprint density at radius 3 is 2.55 bits per heavy atom. The molecule has 0 bridgehead atoms. The first kappa shape index (κ1) is 19.7. The number of amides is 1. The van der Waals surface area contributed by atoms with E-state index in [1.54, 1.807) is 10.8 Å². The average Bonchev–Trinajstić information content (AvgIpc) is 2.94. The third-order valence-electron chi connectivity index (χ3n) is 6.33. The van der Waals surface area contributed by atoms with Gasteiger partial charge in [-0.05, 0) is 68.5 Å². The molecule has 0 radical (unpaired) electrons. The van der Waals surface area contributed by atoms with E-state index in [-0.39, 0.29) is 23.9 Å². The summed E-state index contributed by atoms with van der Waals surface area (Å²) >= 11 is 0. The molecule has 2 heterocycles. The highest BCUT2D eigenvalue weighted by Crippen LogP contribution is 2.35. The van der Waals surface area contributed by atoms with Crippen LogP contribution < -0.4 is 5.32 Å². The van der Waals surface area contributed by atoms with Gasteiger partial charge < -0.3 is 5.32 Å². The van der Waals surface area contributed by atoms with Crippen molar-refractivity contribution in [1.82, 2.24) is 9.88 Å². The van der Waals surface area contributed by atoms with Gasteiger partial charge in [-0.1, -0.05) is 18.2 Å². The minimum absolute atomic E-state index is 0.000400. The number of para-hydroxylation sites is 1. The van der Waals surface area contributed by atoms with Crippen LogP contribution >= 0.6 is 0 Å². The van der Waals surface area contributed by atoms with Gasteiger partial charge in [-0.3, -0.25) is 19.1 Å². The molecule has 1 aliphatic carbocycles. The topological polar surface area (TPSA) is 63.5 Å². The second-order valence-corrected chi connectivity index (χ2v) is 8.49. The Balaban J connectivity index is 1.70. The lowest BCUT2D eigenvalue weighted by Gasteiger charge is -2.28. The van der Waals surface area contributed by atoms with E-state index in [1.165, 1.54) is 24.3 Å². The molecular formula is C25H24FN3O2. The predicted molar refractivity (Wildman–Crippen MR) is 118 cm³/mol. The van der Waals surface area contributed by atoms with Gasteiger partial charge in [0.05, 0.1) is 11.6 Å². The monoisotopic (exact) mass is 417 g/mol. The SMILES string of the molecule is CC1Cc2c(n(C(=O)c3ccc(F)cc3)c3ccccc23)C(C(=O)NC2CCC2)C=N1. The molecule has 1 N–H and O–H groups in total. The summed E-state index contributed by atoms with van der Waals surface area (Å²) in [6.45, 7) is 2.01. The zero-order valence-electron chi connectivity index (χ0n) is 17.3. The summed E-state index contributed by atoms with van der Waals surface area (Å²) in [5, 5.41) is 4.07. The largest absolute Gasteiger partial charge is 0.352 e. The van der Waals surface area contributed by atoms with Crippen LogP contribution in [0.3, 0.4) is 0 Å². The van der Waals surface area contributed by atoms with Crippen LogP contribution in [-0.2, 0) is 11.2 Å². The number of hydrogen-bond acceptors (Lipinski definition) is 3. The lowest BCUT2D eigenvalue weighted by Crippen LogP contribution is -2.43. The Labute approximate surface area is 180 Å². The van der Waals surface area contributed by atoms with E-state index in [0.29, 0.717) is 17.7 Å². The molecule has 2 unspecified atom stereocenters. The van der Waals surface area contributed by atoms with Gasteiger partial charge in [0.15, 0.2) is 0 Å². The van der Waals surface area contributed by atoms with Gasteiger partial charge in [0, 0.05) is 28.9 Å². The second kappa shape index (κ2) is 7.76. The van der Waals surface area contributed by atoms with Crippen LogP contribution in [0.4, 0.5) is 4.39 Å². The fourth-order valence-electron chi connectivity index (χ4n) is 4.50. The van der Waals surface area contributed by atoms with Gasteiger partial charge in [0.1, 0.15) is 11.7 Å². The minimum atomic E-state index is -0.655. The first-order valence-electron chi connectivity index (χ1n) is 10.8. The van der Waals surface area contributed by atoms with E-state index < -0.39 is 11.7 Å². The Bertz CT molecular complexity index is 1190. The van der Waals surface area contributed by atoms with Crippen LogP contribution in [0.15, 0.2) is 53.5 Å². The van der Waals surface area contributed by atoms with Crippen LogP contribution in [0.2, 0.25) is 0 Å². The molecule has 1 amide bonds. The number of halogens is 1. The van der Waals surface area contributed by atoms with E-state index >= 15 is 0 Å². The van der Waals surface area contributed by atoms with Crippen LogP contribution in [-0.4, -0.2) is 34.7 Å². The van der Waals surface area contributed by atoms with Gasteiger partial charge in [-0.25, -0.2) is 4.39 Å². The summed E-state index contributed by atoms with van der Waals surface area (Å²) in [5.41, 5.74) is 2.77. The molecule has 2 aromatic carbocycles.